The summed E-state index contributed by atoms with van der Waals surface area (Å²) in [6.07, 6.45) is 5.15. The molecule has 2 aliphatic heterocycles. The number of aromatic nitrogens is 1. The van der Waals surface area contributed by atoms with E-state index in [2.05, 4.69) is 4.98 Å². The van der Waals surface area contributed by atoms with Crippen molar-refractivity contribution in [3.05, 3.63) is 53.7 Å². The molecule has 0 atom stereocenters. The molecule has 6 nitrogen and oxygen atoms in total. The molecular weight excluding hydrogens is 366 g/mol. The van der Waals surface area contributed by atoms with E-state index in [4.69, 9.17) is 0 Å². The second-order valence-electron chi connectivity index (χ2n) is 7.93. The molecule has 1 N–H and O–H groups in total. The fourth-order valence-corrected chi connectivity index (χ4v) is 4.30. The van der Waals surface area contributed by atoms with Crippen molar-refractivity contribution in [3.63, 3.8) is 0 Å². The third-order valence-electron chi connectivity index (χ3n) is 6.03. The molecule has 2 aliphatic rings. The predicted molar refractivity (Wildman–Crippen MR) is 110 cm³/mol. The van der Waals surface area contributed by atoms with Gasteiger partial charge in [0.25, 0.3) is 5.91 Å². The molecule has 2 amide bonds. The van der Waals surface area contributed by atoms with Gasteiger partial charge in [-0.05, 0) is 42.9 Å². The fourth-order valence-electron chi connectivity index (χ4n) is 4.30. The lowest BCUT2D eigenvalue weighted by molar-refractivity contribution is -0.128. The lowest BCUT2D eigenvalue weighted by Gasteiger charge is -2.34. The molecule has 0 aliphatic carbocycles. The number of hydrogen-bond donors (Lipinski definition) is 1. The molecule has 3 heterocycles. The number of benzene rings is 1. The molecule has 2 fully saturated rings. The summed E-state index contributed by atoms with van der Waals surface area (Å²) in [7, 11) is 0. The zero-order valence-corrected chi connectivity index (χ0v) is 16.6. The van der Waals surface area contributed by atoms with Crippen LogP contribution >= 0.6 is 0 Å². The molecule has 152 valence electrons. The van der Waals surface area contributed by atoms with Crippen LogP contribution in [0.4, 0.5) is 0 Å². The van der Waals surface area contributed by atoms with Crippen LogP contribution in [0.2, 0.25) is 0 Å². The van der Waals surface area contributed by atoms with Gasteiger partial charge in [-0.15, -0.1) is 0 Å². The summed E-state index contributed by atoms with van der Waals surface area (Å²) in [6, 6.07) is 11.2. The first-order chi connectivity index (χ1) is 14.2. The van der Waals surface area contributed by atoms with E-state index >= 15 is 0 Å². The lowest BCUT2D eigenvalue weighted by atomic mass is 9.95. The molecule has 0 bridgehead atoms. The first kappa shape index (κ1) is 19.6. The highest BCUT2D eigenvalue weighted by molar-refractivity contribution is 5.94. The van der Waals surface area contributed by atoms with Crippen molar-refractivity contribution in [3.8, 4) is 11.3 Å². The molecule has 0 unspecified atom stereocenters. The van der Waals surface area contributed by atoms with Crippen molar-refractivity contribution >= 4 is 11.8 Å². The van der Waals surface area contributed by atoms with Gasteiger partial charge < -0.3 is 14.9 Å². The summed E-state index contributed by atoms with van der Waals surface area (Å²) in [4.78, 5) is 33.0. The van der Waals surface area contributed by atoms with Crippen molar-refractivity contribution in [2.45, 2.75) is 32.3 Å². The maximum Gasteiger partial charge on any atom is 0.255 e. The second kappa shape index (κ2) is 8.74. The van der Waals surface area contributed by atoms with Crippen LogP contribution in [0.3, 0.4) is 0 Å². The van der Waals surface area contributed by atoms with E-state index in [1.165, 1.54) is 0 Å². The van der Waals surface area contributed by atoms with Gasteiger partial charge in [-0.2, -0.15) is 0 Å². The number of carbonyl (C=O) groups is 2. The van der Waals surface area contributed by atoms with Crippen molar-refractivity contribution in [2.24, 2.45) is 5.92 Å². The lowest BCUT2D eigenvalue weighted by Crippen LogP contribution is -2.41. The maximum absolute atomic E-state index is 12.9. The highest BCUT2D eigenvalue weighted by atomic mass is 16.3. The van der Waals surface area contributed by atoms with Crippen LogP contribution in [-0.2, 0) is 11.4 Å². The number of aliphatic hydroxyl groups is 1. The number of hydrogen-bond acceptors (Lipinski definition) is 4. The summed E-state index contributed by atoms with van der Waals surface area (Å²) in [5.74, 6) is 0.768. The highest BCUT2D eigenvalue weighted by Gasteiger charge is 2.28. The van der Waals surface area contributed by atoms with Crippen LogP contribution in [0, 0.1) is 5.92 Å². The van der Waals surface area contributed by atoms with Crippen LogP contribution in [0.15, 0.2) is 42.6 Å². The molecule has 4 rings (SSSR count). The number of nitrogens with zero attached hydrogens (tertiary/aromatic N) is 3. The maximum atomic E-state index is 12.9. The highest BCUT2D eigenvalue weighted by Crippen LogP contribution is 2.24. The standard InChI is InChI=1S/C23H27N3O3/c27-16-19-4-1-2-5-20(19)21-8-7-18(14-24-21)23(29)25-12-9-17(10-13-25)15-26-11-3-6-22(26)28/h1-2,4-5,7-8,14,17,27H,3,6,9-13,15-16H2. The number of amides is 2. The molecule has 0 spiro atoms. The average molecular weight is 393 g/mol. The molecule has 2 saturated heterocycles. The van der Waals surface area contributed by atoms with Gasteiger partial charge in [0.2, 0.25) is 5.91 Å². The van der Waals surface area contributed by atoms with Gasteiger partial charge in [0, 0.05) is 44.4 Å². The quantitative estimate of drug-likeness (QED) is 0.848. The van der Waals surface area contributed by atoms with Crippen LogP contribution in [0.25, 0.3) is 11.3 Å². The minimum atomic E-state index is -0.0451. The largest absolute Gasteiger partial charge is 0.392 e. The van der Waals surface area contributed by atoms with Crippen LogP contribution < -0.4 is 0 Å². The Morgan fingerprint density at radius 2 is 1.90 bits per heavy atom. The number of likely N-dealkylation sites (tertiary alicyclic amines) is 2. The summed E-state index contributed by atoms with van der Waals surface area (Å²) >= 11 is 0. The van der Waals surface area contributed by atoms with E-state index < -0.39 is 0 Å². The number of rotatable bonds is 5. The molecule has 1 aromatic heterocycles. The Morgan fingerprint density at radius 1 is 1.10 bits per heavy atom. The van der Waals surface area contributed by atoms with E-state index in [0.717, 1.165) is 62.3 Å². The smallest absolute Gasteiger partial charge is 0.255 e. The SMILES string of the molecule is O=C1CCCN1CC1CCN(C(=O)c2ccc(-c3ccccc3CO)nc2)CC1. The van der Waals surface area contributed by atoms with Gasteiger partial charge in [0.1, 0.15) is 0 Å². The van der Waals surface area contributed by atoms with Gasteiger partial charge >= 0.3 is 0 Å². The summed E-state index contributed by atoms with van der Waals surface area (Å²) in [5.41, 5.74) is 3.03. The minimum Gasteiger partial charge on any atom is -0.392 e. The van der Waals surface area contributed by atoms with Crippen molar-refractivity contribution < 1.29 is 14.7 Å². The Kier molecular flexibility index (Phi) is 5.90. The molecule has 0 saturated carbocycles. The first-order valence-electron chi connectivity index (χ1n) is 10.4. The van der Waals surface area contributed by atoms with Crippen molar-refractivity contribution in [1.82, 2.24) is 14.8 Å². The third-order valence-corrected chi connectivity index (χ3v) is 6.03. The Balaban J connectivity index is 1.36. The molecular formula is C23H27N3O3. The fraction of sp³-hybridized carbons (Fsp3) is 0.435. The van der Waals surface area contributed by atoms with E-state index in [1.807, 2.05) is 46.2 Å². The molecule has 1 aromatic carbocycles. The molecule has 2 aromatic rings. The zero-order valence-electron chi connectivity index (χ0n) is 16.6. The van der Waals surface area contributed by atoms with E-state index in [9.17, 15) is 14.7 Å². The molecule has 29 heavy (non-hydrogen) atoms. The first-order valence-corrected chi connectivity index (χ1v) is 10.4. The average Bonchev–Trinajstić information content (AvgIpc) is 3.18. The number of pyridine rings is 1. The van der Waals surface area contributed by atoms with Crippen molar-refractivity contribution in [2.75, 3.05) is 26.2 Å². The number of carbonyl (C=O) groups excluding carboxylic acids is 2. The monoisotopic (exact) mass is 393 g/mol. The topological polar surface area (TPSA) is 73.7 Å². The van der Waals surface area contributed by atoms with Crippen LogP contribution in [0.5, 0.6) is 0 Å². The van der Waals surface area contributed by atoms with Gasteiger partial charge in [-0.1, -0.05) is 24.3 Å². The summed E-state index contributed by atoms with van der Waals surface area (Å²) in [5, 5.41) is 9.51. The van der Waals surface area contributed by atoms with Crippen molar-refractivity contribution in [1.29, 1.82) is 0 Å². The van der Waals surface area contributed by atoms with Crippen LogP contribution in [-0.4, -0.2) is 57.9 Å². The second-order valence-corrected chi connectivity index (χ2v) is 7.93. The minimum absolute atomic E-state index is 0.00944. The molecule has 0 radical (unpaired) electrons. The summed E-state index contributed by atoms with van der Waals surface area (Å²) in [6.45, 7) is 3.12. The van der Waals surface area contributed by atoms with Gasteiger partial charge in [-0.25, -0.2) is 0 Å². The van der Waals surface area contributed by atoms with E-state index in [-0.39, 0.29) is 18.4 Å². The zero-order chi connectivity index (χ0) is 20.2. The number of aliphatic hydroxyl groups excluding tert-OH is 1. The Bertz CT molecular complexity index is 873. The summed E-state index contributed by atoms with van der Waals surface area (Å²) < 4.78 is 0. The number of piperidine rings is 1. The molecule has 6 heteroatoms. The Labute approximate surface area is 171 Å². The van der Waals surface area contributed by atoms with Gasteiger partial charge in [0.15, 0.2) is 0 Å². The van der Waals surface area contributed by atoms with Gasteiger partial charge in [0.05, 0.1) is 17.9 Å². The Hall–Kier alpha value is -2.73. The van der Waals surface area contributed by atoms with E-state index in [1.54, 1.807) is 6.20 Å². The van der Waals surface area contributed by atoms with Gasteiger partial charge in [-0.3, -0.25) is 14.6 Å². The normalized spacial score (nSPS) is 17.8. The Morgan fingerprint density at radius 3 is 2.55 bits per heavy atom. The van der Waals surface area contributed by atoms with Crippen LogP contribution in [0.1, 0.15) is 41.6 Å². The predicted octanol–water partition coefficient (Wildman–Crippen LogP) is 2.72. The third kappa shape index (κ3) is 4.32. The van der Waals surface area contributed by atoms with E-state index in [0.29, 0.717) is 17.9 Å².